The lowest BCUT2D eigenvalue weighted by molar-refractivity contribution is -0.384. The molecular weight excluding hydrogens is 262 g/mol. The molecule has 0 aliphatic rings. The van der Waals surface area contributed by atoms with Crippen LogP contribution in [0.5, 0.6) is 5.75 Å². The van der Waals surface area contributed by atoms with Gasteiger partial charge in [0.2, 0.25) is 0 Å². The van der Waals surface area contributed by atoms with Crippen molar-refractivity contribution in [2.24, 2.45) is 5.92 Å². The number of carbonyl (C=O) groups is 1. The molecule has 0 bridgehead atoms. The molecule has 1 atom stereocenters. The van der Waals surface area contributed by atoms with Crippen molar-refractivity contribution in [2.45, 2.75) is 13.3 Å². The lowest BCUT2D eigenvalue weighted by Gasteiger charge is -2.11. The molecule has 0 fully saturated rings. The van der Waals surface area contributed by atoms with Gasteiger partial charge < -0.3 is 9.84 Å². The Hall–Kier alpha value is -1.82. The number of benzene rings is 1. The van der Waals surface area contributed by atoms with Gasteiger partial charge in [-0.1, -0.05) is 6.92 Å². The molecule has 1 rings (SSSR count). The number of hydrogen-bond donors (Lipinski definition) is 1. The van der Waals surface area contributed by atoms with Gasteiger partial charge in [0.1, 0.15) is 5.75 Å². The number of nitro groups is 1. The summed E-state index contributed by atoms with van der Waals surface area (Å²) in [4.78, 5) is 20.6. The quantitative estimate of drug-likeness (QED) is 0.293. The van der Waals surface area contributed by atoms with Gasteiger partial charge in [-0.2, -0.15) is 0 Å². The number of hydrogen-bond acceptors (Lipinski definition) is 4. The van der Waals surface area contributed by atoms with E-state index in [1.54, 1.807) is 0 Å². The smallest absolute Gasteiger partial charge is 0.449 e. The average molecular weight is 274 g/mol. The van der Waals surface area contributed by atoms with E-state index in [4.69, 9.17) is 16.7 Å². The third-order valence-corrected chi connectivity index (χ3v) is 2.81. The summed E-state index contributed by atoms with van der Waals surface area (Å²) in [6.07, 6.45) is -1.04. The number of non-ortho nitro benzene ring substituents is 1. The third-order valence-electron chi connectivity index (χ3n) is 2.28. The molecule has 0 saturated heterocycles. The highest BCUT2D eigenvalue weighted by Gasteiger charge is 2.15. The molecule has 1 N–H and O–H groups in total. The number of nitrogens with zero attached hydrogens (tertiary/aromatic N) is 1. The van der Waals surface area contributed by atoms with Crippen molar-refractivity contribution in [3.63, 3.8) is 0 Å². The van der Waals surface area contributed by atoms with E-state index in [-0.39, 0.29) is 17.4 Å². The Morgan fingerprint density at radius 1 is 1.61 bits per heavy atom. The van der Waals surface area contributed by atoms with Crippen LogP contribution in [0.1, 0.15) is 12.5 Å². The molecule has 1 aromatic carbocycles. The minimum absolute atomic E-state index is 0.0600. The highest BCUT2D eigenvalue weighted by molar-refractivity contribution is 6.18. The number of alkyl halides is 1. The SMILES string of the molecule is CC(CCl)Cc1cc([N+](=O)[O-])ccc1OC(=O)O. The number of nitro benzene ring substituents is 1. The summed E-state index contributed by atoms with van der Waals surface area (Å²) in [7, 11) is 0. The molecule has 7 heteroatoms. The highest BCUT2D eigenvalue weighted by atomic mass is 35.5. The van der Waals surface area contributed by atoms with Crippen LogP contribution in [-0.2, 0) is 6.42 Å². The first-order chi connectivity index (χ1) is 8.43. The van der Waals surface area contributed by atoms with Gasteiger partial charge in [-0.05, 0) is 18.4 Å². The molecule has 0 spiro atoms. The van der Waals surface area contributed by atoms with Crippen molar-refractivity contribution in [3.8, 4) is 5.75 Å². The van der Waals surface area contributed by atoms with Crippen molar-refractivity contribution < 1.29 is 19.6 Å². The van der Waals surface area contributed by atoms with E-state index < -0.39 is 11.1 Å². The Morgan fingerprint density at radius 2 is 2.28 bits per heavy atom. The van der Waals surface area contributed by atoms with Gasteiger partial charge in [-0.15, -0.1) is 11.6 Å². The van der Waals surface area contributed by atoms with E-state index >= 15 is 0 Å². The first-order valence-corrected chi connectivity index (χ1v) is 5.71. The van der Waals surface area contributed by atoms with E-state index in [1.165, 1.54) is 18.2 Å². The number of halogens is 1. The molecule has 1 aromatic rings. The van der Waals surface area contributed by atoms with Crippen molar-refractivity contribution in [3.05, 3.63) is 33.9 Å². The molecule has 0 amide bonds. The van der Waals surface area contributed by atoms with Gasteiger partial charge in [0.15, 0.2) is 0 Å². The lowest BCUT2D eigenvalue weighted by Crippen LogP contribution is -2.08. The topological polar surface area (TPSA) is 89.7 Å². The highest BCUT2D eigenvalue weighted by Crippen LogP contribution is 2.27. The summed E-state index contributed by atoms with van der Waals surface area (Å²) in [6, 6.07) is 3.79. The molecular formula is C11H12ClNO5. The standard InChI is InChI=1S/C11H12ClNO5/c1-7(6-12)4-8-5-9(13(16)17)2-3-10(8)18-11(14)15/h2-3,5,7H,4,6H2,1H3,(H,14,15). The molecule has 0 radical (unpaired) electrons. The number of rotatable bonds is 5. The normalized spacial score (nSPS) is 11.9. The molecule has 0 heterocycles. The largest absolute Gasteiger partial charge is 0.511 e. The number of ether oxygens (including phenoxy) is 1. The van der Waals surface area contributed by atoms with E-state index in [9.17, 15) is 14.9 Å². The summed E-state index contributed by atoms with van der Waals surface area (Å²) in [5, 5.41) is 19.2. The van der Waals surface area contributed by atoms with E-state index in [2.05, 4.69) is 4.74 Å². The third kappa shape index (κ3) is 3.89. The number of carboxylic acid groups (broad SMARTS) is 1. The summed E-state index contributed by atoms with van der Waals surface area (Å²) >= 11 is 5.67. The van der Waals surface area contributed by atoms with Crippen LogP contribution in [0.25, 0.3) is 0 Å². The first kappa shape index (κ1) is 14.2. The predicted octanol–water partition coefficient (Wildman–Crippen LogP) is 3.07. The van der Waals surface area contributed by atoms with Crippen LogP contribution in [0.15, 0.2) is 18.2 Å². The second-order valence-electron chi connectivity index (χ2n) is 3.88. The Balaban J connectivity index is 3.08. The summed E-state index contributed by atoms with van der Waals surface area (Å²) < 4.78 is 4.58. The van der Waals surface area contributed by atoms with Gasteiger partial charge >= 0.3 is 6.16 Å². The zero-order chi connectivity index (χ0) is 13.7. The fourth-order valence-electron chi connectivity index (χ4n) is 1.46. The average Bonchev–Trinajstić information content (AvgIpc) is 2.30. The molecule has 0 aliphatic carbocycles. The fourth-order valence-corrected chi connectivity index (χ4v) is 1.57. The zero-order valence-electron chi connectivity index (χ0n) is 9.63. The van der Waals surface area contributed by atoms with Crippen LogP contribution in [0.3, 0.4) is 0 Å². The maximum atomic E-state index is 10.7. The Kier molecular flexibility index (Phi) is 4.91. The molecule has 1 unspecified atom stereocenters. The second-order valence-corrected chi connectivity index (χ2v) is 4.19. The van der Waals surface area contributed by atoms with Crippen LogP contribution in [0.2, 0.25) is 0 Å². The van der Waals surface area contributed by atoms with Gasteiger partial charge in [0, 0.05) is 23.6 Å². The minimum atomic E-state index is -1.45. The fraction of sp³-hybridized carbons (Fsp3) is 0.364. The Bertz CT molecular complexity index is 463. The van der Waals surface area contributed by atoms with Crippen LogP contribution in [0, 0.1) is 16.0 Å². The molecule has 18 heavy (non-hydrogen) atoms. The second kappa shape index (κ2) is 6.20. The molecule has 0 saturated carbocycles. The zero-order valence-corrected chi connectivity index (χ0v) is 10.4. The van der Waals surface area contributed by atoms with Crippen molar-refractivity contribution >= 4 is 23.4 Å². The van der Waals surface area contributed by atoms with E-state index in [0.717, 1.165) is 0 Å². The lowest BCUT2D eigenvalue weighted by atomic mass is 10.0. The maximum absolute atomic E-state index is 10.7. The molecule has 0 aromatic heterocycles. The maximum Gasteiger partial charge on any atom is 0.511 e. The van der Waals surface area contributed by atoms with Crippen molar-refractivity contribution in [1.29, 1.82) is 0 Å². The summed E-state index contributed by atoms with van der Waals surface area (Å²) in [5.74, 6) is 0.532. The van der Waals surface area contributed by atoms with Crippen LogP contribution >= 0.6 is 11.6 Å². The van der Waals surface area contributed by atoms with Crippen molar-refractivity contribution in [2.75, 3.05) is 5.88 Å². The predicted molar refractivity (Wildman–Crippen MR) is 65.3 cm³/mol. The Morgan fingerprint density at radius 3 is 2.78 bits per heavy atom. The molecule has 6 nitrogen and oxygen atoms in total. The van der Waals surface area contributed by atoms with E-state index in [0.29, 0.717) is 17.9 Å². The van der Waals surface area contributed by atoms with Crippen LogP contribution < -0.4 is 4.74 Å². The van der Waals surface area contributed by atoms with Crippen LogP contribution in [-0.4, -0.2) is 22.1 Å². The summed E-state index contributed by atoms with van der Waals surface area (Å²) in [6.45, 7) is 1.86. The van der Waals surface area contributed by atoms with E-state index in [1.807, 2.05) is 6.92 Å². The van der Waals surface area contributed by atoms with Gasteiger partial charge in [0.25, 0.3) is 5.69 Å². The first-order valence-electron chi connectivity index (χ1n) is 5.18. The Labute approximate surface area is 108 Å². The van der Waals surface area contributed by atoms with Crippen LogP contribution in [0.4, 0.5) is 10.5 Å². The summed E-state index contributed by atoms with van der Waals surface area (Å²) in [5.41, 5.74) is 0.351. The van der Waals surface area contributed by atoms with Gasteiger partial charge in [-0.25, -0.2) is 4.79 Å². The monoisotopic (exact) mass is 273 g/mol. The van der Waals surface area contributed by atoms with Gasteiger partial charge in [0.05, 0.1) is 4.92 Å². The molecule has 0 aliphatic heterocycles. The van der Waals surface area contributed by atoms with Gasteiger partial charge in [-0.3, -0.25) is 10.1 Å². The molecule has 98 valence electrons. The minimum Gasteiger partial charge on any atom is -0.449 e. The van der Waals surface area contributed by atoms with Crippen molar-refractivity contribution in [1.82, 2.24) is 0 Å².